The van der Waals surface area contributed by atoms with Crippen LogP contribution in [0.5, 0.6) is 17.2 Å². The van der Waals surface area contributed by atoms with Crippen molar-refractivity contribution in [1.82, 2.24) is 10.7 Å². The average Bonchev–Trinajstić information content (AvgIpc) is 3.24. The number of hydrogen-bond donors (Lipinski definition) is 3. The minimum absolute atomic E-state index is 0.0946. The van der Waals surface area contributed by atoms with Gasteiger partial charge in [0.2, 0.25) is 6.79 Å². The number of ether oxygens (including phenoxy) is 3. The molecule has 0 saturated heterocycles. The van der Waals surface area contributed by atoms with Crippen LogP contribution in [-0.2, 0) is 9.59 Å². The van der Waals surface area contributed by atoms with Gasteiger partial charge in [0.25, 0.3) is 17.7 Å². The second-order valence-corrected chi connectivity index (χ2v) is 7.87. The molecule has 0 bridgehead atoms. The van der Waals surface area contributed by atoms with E-state index in [1.54, 1.807) is 50.2 Å². The Balaban J connectivity index is 1.66. The molecule has 33 heavy (non-hydrogen) atoms. The first-order valence-corrected chi connectivity index (χ1v) is 10.4. The summed E-state index contributed by atoms with van der Waals surface area (Å²) >= 11 is 6.00. The molecule has 0 saturated carbocycles. The number of carbonyl (C=O) groups excluding carboxylic acids is 3. The van der Waals surface area contributed by atoms with Crippen molar-refractivity contribution >= 4 is 35.5 Å². The first-order chi connectivity index (χ1) is 15.7. The fourth-order valence-electron chi connectivity index (χ4n) is 2.93. The van der Waals surface area contributed by atoms with Gasteiger partial charge in [0.15, 0.2) is 18.1 Å². The summed E-state index contributed by atoms with van der Waals surface area (Å²) in [5.41, 5.74) is 8.26. The van der Waals surface area contributed by atoms with Crippen LogP contribution in [0, 0.1) is 5.92 Å². The number of hydrogen-bond acceptors (Lipinski definition) is 7. The van der Waals surface area contributed by atoms with Crippen molar-refractivity contribution in [3.8, 4) is 17.2 Å². The quantitative estimate of drug-likeness (QED) is 0.374. The van der Waals surface area contributed by atoms with E-state index in [-0.39, 0.29) is 19.3 Å². The Morgan fingerprint density at radius 2 is 1.94 bits per heavy atom. The van der Waals surface area contributed by atoms with E-state index >= 15 is 0 Å². The lowest BCUT2D eigenvalue weighted by atomic mass is 10.0. The zero-order valence-electron chi connectivity index (χ0n) is 18.0. The SMILES string of the molecule is CC(C)C(NC(=O)c1ccc2c(c1)OCO2)C(=O)N/N=C/c1cc(Cl)ccc1OCC(N)=O. The van der Waals surface area contributed by atoms with E-state index in [4.69, 9.17) is 31.5 Å². The molecule has 174 valence electrons. The second-order valence-electron chi connectivity index (χ2n) is 7.43. The predicted molar refractivity (Wildman–Crippen MR) is 121 cm³/mol. The Bertz CT molecular complexity index is 1090. The van der Waals surface area contributed by atoms with Crippen LogP contribution in [0.15, 0.2) is 41.5 Å². The number of fused-ring (bicyclic) bond motifs is 1. The van der Waals surface area contributed by atoms with E-state index in [1.807, 2.05) is 0 Å². The third-order valence-electron chi connectivity index (χ3n) is 4.59. The highest BCUT2D eigenvalue weighted by Crippen LogP contribution is 2.32. The molecule has 0 aliphatic carbocycles. The van der Waals surface area contributed by atoms with E-state index in [0.29, 0.717) is 33.4 Å². The maximum atomic E-state index is 12.7. The number of benzene rings is 2. The summed E-state index contributed by atoms with van der Waals surface area (Å²) in [6.07, 6.45) is 1.32. The van der Waals surface area contributed by atoms with Crippen molar-refractivity contribution < 1.29 is 28.6 Å². The summed E-state index contributed by atoms with van der Waals surface area (Å²) in [7, 11) is 0. The summed E-state index contributed by atoms with van der Waals surface area (Å²) in [6.45, 7) is 3.36. The first-order valence-electron chi connectivity index (χ1n) is 9.98. The lowest BCUT2D eigenvalue weighted by Crippen LogP contribution is -2.48. The maximum Gasteiger partial charge on any atom is 0.262 e. The monoisotopic (exact) mass is 474 g/mol. The zero-order chi connectivity index (χ0) is 24.0. The smallest absolute Gasteiger partial charge is 0.262 e. The second kappa shape index (κ2) is 10.7. The van der Waals surface area contributed by atoms with Gasteiger partial charge in [-0.05, 0) is 42.3 Å². The lowest BCUT2D eigenvalue weighted by molar-refractivity contribution is -0.124. The molecule has 2 aromatic carbocycles. The zero-order valence-corrected chi connectivity index (χ0v) is 18.7. The highest BCUT2D eigenvalue weighted by Gasteiger charge is 2.25. The lowest BCUT2D eigenvalue weighted by Gasteiger charge is -2.20. The van der Waals surface area contributed by atoms with Crippen molar-refractivity contribution in [2.75, 3.05) is 13.4 Å². The number of rotatable bonds is 9. The summed E-state index contributed by atoms with van der Waals surface area (Å²) in [5, 5.41) is 7.05. The molecule has 1 aliphatic rings. The van der Waals surface area contributed by atoms with Crippen molar-refractivity contribution in [3.63, 3.8) is 0 Å². The number of halogens is 1. The van der Waals surface area contributed by atoms with Crippen LogP contribution < -0.4 is 30.7 Å². The van der Waals surface area contributed by atoms with Crippen LogP contribution in [0.1, 0.15) is 29.8 Å². The van der Waals surface area contributed by atoms with Gasteiger partial charge in [-0.25, -0.2) is 5.43 Å². The topological polar surface area (TPSA) is 141 Å². The average molecular weight is 475 g/mol. The minimum Gasteiger partial charge on any atom is -0.483 e. The summed E-state index contributed by atoms with van der Waals surface area (Å²) in [6, 6.07) is 8.60. The van der Waals surface area contributed by atoms with Gasteiger partial charge in [0.1, 0.15) is 11.8 Å². The van der Waals surface area contributed by atoms with Gasteiger partial charge in [-0.1, -0.05) is 25.4 Å². The molecule has 0 spiro atoms. The molecule has 0 radical (unpaired) electrons. The van der Waals surface area contributed by atoms with Gasteiger partial charge in [-0.15, -0.1) is 0 Å². The van der Waals surface area contributed by atoms with E-state index in [1.165, 1.54) is 6.21 Å². The number of nitrogens with two attached hydrogens (primary N) is 1. The summed E-state index contributed by atoms with van der Waals surface area (Å²) < 4.78 is 15.8. The molecule has 3 amide bonds. The largest absolute Gasteiger partial charge is 0.483 e. The minimum atomic E-state index is -0.856. The molecule has 1 aliphatic heterocycles. The highest BCUT2D eigenvalue weighted by atomic mass is 35.5. The van der Waals surface area contributed by atoms with Gasteiger partial charge in [0, 0.05) is 16.1 Å². The normalized spacial score (nSPS) is 13.1. The molecule has 11 heteroatoms. The van der Waals surface area contributed by atoms with Crippen LogP contribution in [-0.4, -0.2) is 43.4 Å². The predicted octanol–water partition coefficient (Wildman–Crippen LogP) is 1.84. The van der Waals surface area contributed by atoms with Crippen LogP contribution >= 0.6 is 11.6 Å². The molecular weight excluding hydrogens is 452 g/mol. The summed E-state index contributed by atoms with van der Waals surface area (Å²) in [4.78, 5) is 36.3. The summed E-state index contributed by atoms with van der Waals surface area (Å²) in [5.74, 6) is -0.487. The number of nitrogens with zero attached hydrogens (tertiary/aromatic N) is 1. The highest BCUT2D eigenvalue weighted by molar-refractivity contribution is 6.30. The maximum absolute atomic E-state index is 12.7. The third-order valence-corrected chi connectivity index (χ3v) is 4.83. The third kappa shape index (κ3) is 6.36. The standard InChI is InChI=1S/C22H23ClN4O6/c1-12(2)20(26-21(29)13-3-5-17-18(8-13)33-11-32-17)22(30)27-25-9-14-7-15(23)4-6-16(14)31-10-19(24)28/h3-9,12,20H,10-11H2,1-2H3,(H2,24,28)(H,26,29)(H,27,30)/b25-9+. The van der Waals surface area contributed by atoms with Gasteiger partial charge in [-0.2, -0.15) is 5.10 Å². The Morgan fingerprint density at radius 1 is 1.18 bits per heavy atom. The van der Waals surface area contributed by atoms with Gasteiger partial charge in [-0.3, -0.25) is 14.4 Å². The molecule has 1 atom stereocenters. The molecule has 2 aromatic rings. The number of nitrogens with one attached hydrogen (secondary N) is 2. The molecule has 1 unspecified atom stereocenters. The Kier molecular flexibility index (Phi) is 7.73. The van der Waals surface area contributed by atoms with E-state index < -0.39 is 23.8 Å². The van der Waals surface area contributed by atoms with Crippen LogP contribution in [0.3, 0.4) is 0 Å². The Hall–Kier alpha value is -3.79. The molecule has 0 aromatic heterocycles. The molecule has 1 heterocycles. The molecule has 0 fully saturated rings. The molecule has 3 rings (SSSR count). The molecule has 10 nitrogen and oxygen atoms in total. The van der Waals surface area contributed by atoms with Crippen molar-refractivity contribution in [2.24, 2.45) is 16.8 Å². The first kappa shape index (κ1) is 23.9. The number of hydrazone groups is 1. The Labute approximate surface area is 195 Å². The Morgan fingerprint density at radius 3 is 2.67 bits per heavy atom. The number of primary amides is 1. The fraction of sp³-hybridized carbons (Fsp3) is 0.273. The van der Waals surface area contributed by atoms with E-state index in [0.717, 1.165) is 0 Å². The van der Waals surface area contributed by atoms with Crippen LogP contribution in [0.2, 0.25) is 5.02 Å². The number of carbonyl (C=O) groups is 3. The fourth-order valence-corrected chi connectivity index (χ4v) is 3.11. The van der Waals surface area contributed by atoms with Crippen LogP contribution in [0.4, 0.5) is 0 Å². The molecular formula is C22H23ClN4O6. The van der Waals surface area contributed by atoms with Crippen molar-refractivity contribution in [2.45, 2.75) is 19.9 Å². The number of amides is 3. The van der Waals surface area contributed by atoms with Gasteiger partial charge < -0.3 is 25.3 Å². The van der Waals surface area contributed by atoms with E-state index in [9.17, 15) is 14.4 Å². The van der Waals surface area contributed by atoms with Crippen LogP contribution in [0.25, 0.3) is 0 Å². The van der Waals surface area contributed by atoms with E-state index in [2.05, 4.69) is 15.8 Å². The molecule has 4 N–H and O–H groups in total. The van der Waals surface area contributed by atoms with Gasteiger partial charge >= 0.3 is 0 Å². The van der Waals surface area contributed by atoms with Crippen molar-refractivity contribution in [1.29, 1.82) is 0 Å². The van der Waals surface area contributed by atoms with Gasteiger partial charge in [0.05, 0.1) is 6.21 Å². The van der Waals surface area contributed by atoms with Crippen molar-refractivity contribution in [3.05, 3.63) is 52.5 Å².